The van der Waals surface area contributed by atoms with Crippen LogP contribution in [0.2, 0.25) is 5.02 Å². The minimum atomic E-state index is -0.939. The fourth-order valence-corrected chi connectivity index (χ4v) is 2.17. The number of nitrogens with one attached hydrogen (secondary N) is 1. The molecule has 6 heteroatoms. The highest BCUT2D eigenvalue weighted by Gasteiger charge is 2.09. The van der Waals surface area contributed by atoms with Crippen molar-refractivity contribution in [1.29, 1.82) is 0 Å². The van der Waals surface area contributed by atoms with Crippen molar-refractivity contribution in [2.45, 2.75) is 6.42 Å². The zero-order valence-corrected chi connectivity index (χ0v) is 11.1. The summed E-state index contributed by atoms with van der Waals surface area (Å²) in [6.07, 6.45) is -0.0874. The van der Waals surface area contributed by atoms with Crippen LogP contribution in [0.25, 0.3) is 0 Å². The average Bonchev–Trinajstić information content (AvgIpc) is 2.16. The number of rotatable bonds is 4. The second-order valence-electron chi connectivity index (χ2n) is 3.02. The SMILES string of the molecule is O=C(O)CCNC(=O)c1ccc(Cl)cc1I. The zero-order chi connectivity index (χ0) is 12.1. The van der Waals surface area contributed by atoms with Gasteiger partial charge in [0.1, 0.15) is 0 Å². The number of carbonyl (C=O) groups excluding carboxylic acids is 1. The maximum Gasteiger partial charge on any atom is 0.305 e. The molecule has 0 saturated carbocycles. The van der Waals surface area contributed by atoms with E-state index in [0.29, 0.717) is 10.6 Å². The molecule has 0 atom stereocenters. The van der Waals surface area contributed by atoms with Crippen LogP contribution in [0.1, 0.15) is 16.8 Å². The third-order valence-electron chi connectivity index (χ3n) is 1.80. The molecule has 0 heterocycles. The fraction of sp³-hybridized carbons (Fsp3) is 0.200. The van der Waals surface area contributed by atoms with Gasteiger partial charge in [-0.1, -0.05) is 11.6 Å². The van der Waals surface area contributed by atoms with Crippen LogP contribution in [0.3, 0.4) is 0 Å². The summed E-state index contributed by atoms with van der Waals surface area (Å²) in [7, 11) is 0. The van der Waals surface area contributed by atoms with Gasteiger partial charge in [-0.15, -0.1) is 0 Å². The molecule has 0 fully saturated rings. The molecule has 0 radical (unpaired) electrons. The van der Waals surface area contributed by atoms with E-state index in [1.54, 1.807) is 18.2 Å². The summed E-state index contributed by atoms with van der Waals surface area (Å²) in [6.45, 7) is 0.118. The first kappa shape index (κ1) is 13.2. The van der Waals surface area contributed by atoms with Crippen molar-refractivity contribution in [1.82, 2.24) is 5.32 Å². The normalized spacial score (nSPS) is 9.88. The smallest absolute Gasteiger partial charge is 0.305 e. The van der Waals surface area contributed by atoms with Crippen LogP contribution in [-0.2, 0) is 4.79 Å². The summed E-state index contributed by atoms with van der Waals surface area (Å²) in [5, 5.41) is 11.5. The van der Waals surface area contributed by atoms with Gasteiger partial charge in [-0.25, -0.2) is 0 Å². The third kappa shape index (κ3) is 3.97. The Morgan fingerprint density at radius 1 is 1.44 bits per heavy atom. The van der Waals surface area contributed by atoms with Gasteiger partial charge in [-0.2, -0.15) is 0 Å². The molecule has 1 amide bonds. The molecule has 0 aliphatic heterocycles. The largest absolute Gasteiger partial charge is 0.481 e. The Kier molecular flexibility index (Phi) is 5.01. The molecule has 0 spiro atoms. The van der Waals surface area contributed by atoms with Crippen LogP contribution in [0.4, 0.5) is 0 Å². The molecule has 0 aromatic heterocycles. The number of benzene rings is 1. The van der Waals surface area contributed by atoms with Gasteiger partial charge in [-0.05, 0) is 40.8 Å². The Hall–Kier alpha value is -0.820. The monoisotopic (exact) mass is 353 g/mol. The van der Waals surface area contributed by atoms with E-state index in [-0.39, 0.29) is 18.9 Å². The Balaban J connectivity index is 2.63. The minimum Gasteiger partial charge on any atom is -0.481 e. The van der Waals surface area contributed by atoms with Crippen LogP contribution < -0.4 is 5.32 Å². The van der Waals surface area contributed by atoms with Gasteiger partial charge in [0.05, 0.1) is 12.0 Å². The van der Waals surface area contributed by atoms with Crippen LogP contribution in [0, 0.1) is 3.57 Å². The number of hydrogen-bond donors (Lipinski definition) is 2. The van der Waals surface area contributed by atoms with E-state index in [1.807, 2.05) is 22.6 Å². The number of hydrogen-bond acceptors (Lipinski definition) is 2. The first-order valence-corrected chi connectivity index (χ1v) is 5.91. The molecule has 4 nitrogen and oxygen atoms in total. The number of carboxylic acids is 1. The van der Waals surface area contributed by atoms with Crippen molar-refractivity contribution in [3.05, 3.63) is 32.4 Å². The van der Waals surface area contributed by atoms with Crippen molar-refractivity contribution in [3.63, 3.8) is 0 Å². The van der Waals surface area contributed by atoms with E-state index in [1.165, 1.54) is 0 Å². The molecule has 86 valence electrons. The Bertz CT molecular complexity index is 423. The molecule has 0 aliphatic rings. The molecule has 1 rings (SSSR count). The summed E-state index contributed by atoms with van der Waals surface area (Å²) in [5.74, 6) is -1.23. The van der Waals surface area contributed by atoms with E-state index in [9.17, 15) is 9.59 Å². The van der Waals surface area contributed by atoms with E-state index in [0.717, 1.165) is 3.57 Å². The number of aliphatic carboxylic acids is 1. The number of halogens is 2. The summed E-state index contributed by atoms with van der Waals surface area (Å²) >= 11 is 7.76. The van der Waals surface area contributed by atoms with Crippen molar-refractivity contribution in [2.24, 2.45) is 0 Å². The highest BCUT2D eigenvalue weighted by molar-refractivity contribution is 14.1. The third-order valence-corrected chi connectivity index (χ3v) is 2.93. The molecule has 0 unspecified atom stereocenters. The number of amides is 1. The van der Waals surface area contributed by atoms with Gasteiger partial charge < -0.3 is 10.4 Å². The lowest BCUT2D eigenvalue weighted by atomic mass is 10.2. The lowest BCUT2D eigenvalue weighted by Crippen LogP contribution is -2.26. The second kappa shape index (κ2) is 6.05. The Morgan fingerprint density at radius 3 is 2.69 bits per heavy atom. The lowest BCUT2D eigenvalue weighted by Gasteiger charge is -2.05. The van der Waals surface area contributed by atoms with Crippen LogP contribution >= 0.6 is 34.2 Å². The van der Waals surface area contributed by atoms with E-state index in [2.05, 4.69) is 5.32 Å². The standard InChI is InChI=1S/C10H9ClINO3/c11-6-1-2-7(8(12)5-6)10(16)13-4-3-9(14)15/h1-2,5H,3-4H2,(H,13,16)(H,14,15). The topological polar surface area (TPSA) is 66.4 Å². The molecule has 0 aliphatic carbocycles. The number of carbonyl (C=O) groups is 2. The molecular formula is C10H9ClINO3. The second-order valence-corrected chi connectivity index (χ2v) is 4.62. The van der Waals surface area contributed by atoms with Gasteiger partial charge in [0.25, 0.3) is 5.91 Å². The van der Waals surface area contributed by atoms with E-state index in [4.69, 9.17) is 16.7 Å². The molecule has 2 N–H and O–H groups in total. The molecule has 1 aromatic carbocycles. The van der Waals surface area contributed by atoms with Gasteiger partial charge in [0.2, 0.25) is 0 Å². The van der Waals surface area contributed by atoms with Crippen molar-refractivity contribution in [2.75, 3.05) is 6.54 Å². The van der Waals surface area contributed by atoms with E-state index < -0.39 is 5.97 Å². The first-order chi connectivity index (χ1) is 7.50. The highest BCUT2D eigenvalue weighted by Crippen LogP contribution is 2.17. The minimum absolute atomic E-state index is 0.0874. The lowest BCUT2D eigenvalue weighted by molar-refractivity contribution is -0.136. The van der Waals surface area contributed by atoms with Crippen molar-refractivity contribution in [3.8, 4) is 0 Å². The summed E-state index contributed by atoms with van der Waals surface area (Å²) < 4.78 is 0.734. The zero-order valence-electron chi connectivity index (χ0n) is 8.17. The molecular weight excluding hydrogens is 344 g/mol. The first-order valence-electron chi connectivity index (χ1n) is 4.45. The fourth-order valence-electron chi connectivity index (χ4n) is 1.05. The molecule has 16 heavy (non-hydrogen) atoms. The van der Waals surface area contributed by atoms with Gasteiger partial charge in [0.15, 0.2) is 0 Å². The maximum absolute atomic E-state index is 11.6. The molecule has 0 saturated heterocycles. The van der Waals surface area contributed by atoms with Crippen LogP contribution in [-0.4, -0.2) is 23.5 Å². The van der Waals surface area contributed by atoms with E-state index >= 15 is 0 Å². The maximum atomic E-state index is 11.6. The molecule has 1 aromatic rings. The average molecular weight is 354 g/mol. The predicted octanol–water partition coefficient (Wildman–Crippen LogP) is 2.15. The highest BCUT2D eigenvalue weighted by atomic mass is 127. The van der Waals surface area contributed by atoms with Crippen molar-refractivity contribution < 1.29 is 14.7 Å². The van der Waals surface area contributed by atoms with Crippen LogP contribution in [0.5, 0.6) is 0 Å². The predicted molar refractivity (Wildman–Crippen MR) is 68.8 cm³/mol. The summed E-state index contributed by atoms with van der Waals surface area (Å²) in [4.78, 5) is 21.9. The van der Waals surface area contributed by atoms with Gasteiger partial charge >= 0.3 is 5.97 Å². The molecule has 0 bridgehead atoms. The summed E-state index contributed by atoms with van der Waals surface area (Å²) in [6, 6.07) is 4.91. The Labute approximate surface area is 111 Å². The van der Waals surface area contributed by atoms with Crippen LogP contribution in [0.15, 0.2) is 18.2 Å². The van der Waals surface area contributed by atoms with Gasteiger partial charge in [0, 0.05) is 15.1 Å². The van der Waals surface area contributed by atoms with Gasteiger partial charge in [-0.3, -0.25) is 9.59 Å². The van der Waals surface area contributed by atoms with Crippen molar-refractivity contribution >= 4 is 46.1 Å². The number of carboxylic acid groups (broad SMARTS) is 1. The quantitative estimate of drug-likeness (QED) is 0.815. The summed E-state index contributed by atoms with van der Waals surface area (Å²) in [5.41, 5.74) is 0.496. The Morgan fingerprint density at radius 2 is 2.12 bits per heavy atom.